The molecule has 1 heterocycles. The van der Waals surface area contributed by atoms with Gasteiger partial charge in [0, 0.05) is 47.9 Å². The van der Waals surface area contributed by atoms with Crippen LogP contribution in [0, 0.1) is 5.92 Å². The van der Waals surface area contributed by atoms with Crippen molar-refractivity contribution < 1.29 is 33.9 Å². The quantitative estimate of drug-likeness (QED) is 0.213. The third kappa shape index (κ3) is 11.6. The summed E-state index contributed by atoms with van der Waals surface area (Å²) in [6.45, 7) is 6.46. The van der Waals surface area contributed by atoms with Crippen molar-refractivity contribution in [2.24, 2.45) is 5.92 Å². The highest BCUT2D eigenvalue weighted by atomic mass is 16.6. The first-order chi connectivity index (χ1) is 14.9. The van der Waals surface area contributed by atoms with E-state index in [2.05, 4.69) is 39.0 Å². The first kappa shape index (κ1) is 30.2. The molecule has 184 valence electrons. The van der Waals surface area contributed by atoms with Gasteiger partial charge in [-0.05, 0) is 32.6 Å². The average Bonchev–Trinajstić information content (AvgIpc) is 3.57. The molecular formula is C24H46O7. The molecule has 7 heteroatoms. The molecule has 31 heavy (non-hydrogen) atoms. The Morgan fingerprint density at radius 1 is 1.03 bits per heavy atom. The maximum Gasteiger partial charge on any atom is 0.180 e. The van der Waals surface area contributed by atoms with Crippen LogP contribution in [-0.2, 0) is 23.7 Å². The molecule has 1 rings (SSSR count). The van der Waals surface area contributed by atoms with Gasteiger partial charge in [-0.2, -0.15) is 0 Å². The van der Waals surface area contributed by atoms with E-state index in [4.69, 9.17) is 28.8 Å². The first-order valence-electron chi connectivity index (χ1n) is 11.1. The van der Waals surface area contributed by atoms with E-state index < -0.39 is 12.4 Å². The molecule has 0 aromatic carbocycles. The fourth-order valence-electron chi connectivity index (χ4n) is 3.83. The van der Waals surface area contributed by atoms with E-state index in [-0.39, 0.29) is 12.2 Å². The Morgan fingerprint density at radius 2 is 1.68 bits per heavy atom. The van der Waals surface area contributed by atoms with Gasteiger partial charge >= 0.3 is 0 Å². The van der Waals surface area contributed by atoms with Crippen LogP contribution in [0.4, 0.5) is 0 Å². The van der Waals surface area contributed by atoms with Crippen molar-refractivity contribution in [1.82, 2.24) is 0 Å². The monoisotopic (exact) mass is 446 g/mol. The minimum atomic E-state index is -0.950. The normalized spacial score (nSPS) is 23.6. The van der Waals surface area contributed by atoms with Crippen LogP contribution in [0.1, 0.15) is 52.9 Å². The molecule has 7 unspecified atom stereocenters. The molecule has 7 nitrogen and oxygen atoms in total. The Bertz CT molecular complexity index is 490. The maximum absolute atomic E-state index is 9.81. The first-order valence-corrected chi connectivity index (χ1v) is 11.1. The minimum Gasteiger partial charge on any atom is -0.400 e. The standard InChI is InChI=1S/C23H42O6.CH4O/c1-8-19(26-5)17(3)22-20(29-22)13-11-9-10-12-16(2)14-18(25-4)15-21(27-6)23(24)28-7;1-2/h9-10,12,17-24H,8,11,13-15H2,1-7H3;2H,1H3/b10-9+,16-12+;. The molecule has 0 amide bonds. The Hall–Kier alpha value is -0.800. The third-order valence-corrected chi connectivity index (χ3v) is 5.81. The maximum atomic E-state index is 9.81. The van der Waals surface area contributed by atoms with Gasteiger partial charge in [0.2, 0.25) is 0 Å². The van der Waals surface area contributed by atoms with Crippen LogP contribution < -0.4 is 0 Å². The van der Waals surface area contributed by atoms with Crippen molar-refractivity contribution in [3.8, 4) is 0 Å². The summed E-state index contributed by atoms with van der Waals surface area (Å²) in [6, 6.07) is 0. The molecule has 0 aliphatic carbocycles. The zero-order chi connectivity index (χ0) is 23.8. The molecule has 2 N–H and O–H groups in total. The zero-order valence-corrected chi connectivity index (χ0v) is 20.7. The number of ether oxygens (including phenoxy) is 5. The number of allylic oxidation sites excluding steroid dienone is 3. The summed E-state index contributed by atoms with van der Waals surface area (Å²) in [7, 11) is 7.49. The van der Waals surface area contributed by atoms with Crippen LogP contribution in [0.25, 0.3) is 0 Å². The van der Waals surface area contributed by atoms with E-state index in [9.17, 15) is 5.11 Å². The molecule has 1 fully saturated rings. The van der Waals surface area contributed by atoms with Crippen molar-refractivity contribution in [2.45, 2.75) is 89.7 Å². The van der Waals surface area contributed by atoms with Crippen LogP contribution in [0.2, 0.25) is 0 Å². The predicted octanol–water partition coefficient (Wildman–Crippen LogP) is 3.48. The second kappa shape index (κ2) is 17.7. The van der Waals surface area contributed by atoms with Crippen LogP contribution in [0.3, 0.4) is 0 Å². The molecule has 0 radical (unpaired) electrons. The molecule has 0 bridgehead atoms. The molecule has 1 aliphatic rings. The molecular weight excluding hydrogens is 400 g/mol. The lowest BCUT2D eigenvalue weighted by Gasteiger charge is -2.24. The smallest absolute Gasteiger partial charge is 0.180 e. The molecule has 7 atom stereocenters. The Kier molecular flexibility index (Phi) is 17.3. The number of aliphatic hydroxyl groups is 2. The number of epoxide rings is 1. The van der Waals surface area contributed by atoms with E-state index in [0.717, 1.165) is 32.8 Å². The van der Waals surface area contributed by atoms with E-state index >= 15 is 0 Å². The lowest BCUT2D eigenvalue weighted by atomic mass is 9.95. The average molecular weight is 447 g/mol. The lowest BCUT2D eigenvalue weighted by molar-refractivity contribution is -0.164. The van der Waals surface area contributed by atoms with E-state index in [1.165, 1.54) is 12.7 Å². The van der Waals surface area contributed by atoms with Gasteiger partial charge in [-0.25, -0.2) is 0 Å². The van der Waals surface area contributed by atoms with Gasteiger partial charge in [0.25, 0.3) is 0 Å². The largest absolute Gasteiger partial charge is 0.400 e. The molecule has 0 spiro atoms. The van der Waals surface area contributed by atoms with Crippen LogP contribution in [0.15, 0.2) is 23.8 Å². The van der Waals surface area contributed by atoms with Gasteiger partial charge in [-0.1, -0.05) is 37.6 Å². The van der Waals surface area contributed by atoms with Gasteiger partial charge in [-0.15, -0.1) is 0 Å². The lowest BCUT2D eigenvalue weighted by Crippen LogP contribution is -2.33. The molecule has 0 saturated carbocycles. The number of hydrogen-bond acceptors (Lipinski definition) is 7. The highest BCUT2D eigenvalue weighted by Crippen LogP contribution is 2.35. The highest BCUT2D eigenvalue weighted by Gasteiger charge is 2.44. The van der Waals surface area contributed by atoms with Crippen molar-refractivity contribution in [2.75, 3.05) is 35.5 Å². The Balaban J connectivity index is 0.00000436. The number of rotatable bonds is 16. The summed E-state index contributed by atoms with van der Waals surface area (Å²) in [4.78, 5) is 0. The number of methoxy groups -OCH3 is 4. The minimum absolute atomic E-state index is 0.0381. The molecule has 1 aliphatic heterocycles. The SMILES string of the molecule is CCC(OC)C(C)C1OC1CC/C=C/C=C(\C)CC(CC(OC)C(O)OC)OC.CO. The van der Waals surface area contributed by atoms with Crippen LogP contribution >= 0.6 is 0 Å². The van der Waals surface area contributed by atoms with E-state index in [1.807, 2.05) is 0 Å². The predicted molar refractivity (Wildman–Crippen MR) is 123 cm³/mol. The fourth-order valence-corrected chi connectivity index (χ4v) is 3.83. The van der Waals surface area contributed by atoms with Crippen LogP contribution in [0.5, 0.6) is 0 Å². The second-order valence-electron chi connectivity index (χ2n) is 7.90. The summed E-state index contributed by atoms with van der Waals surface area (Å²) < 4.78 is 27.2. The second-order valence-corrected chi connectivity index (χ2v) is 7.90. The van der Waals surface area contributed by atoms with Crippen molar-refractivity contribution in [1.29, 1.82) is 0 Å². The van der Waals surface area contributed by atoms with Gasteiger partial charge in [0.05, 0.1) is 24.4 Å². The van der Waals surface area contributed by atoms with E-state index in [0.29, 0.717) is 24.5 Å². The fraction of sp³-hybridized carbons (Fsp3) is 0.833. The molecule has 0 aromatic rings. The Morgan fingerprint density at radius 3 is 2.19 bits per heavy atom. The van der Waals surface area contributed by atoms with Crippen LogP contribution in [-0.4, -0.2) is 82.6 Å². The number of aliphatic hydroxyl groups excluding tert-OH is 2. The Labute approximate surface area is 189 Å². The molecule has 0 aromatic heterocycles. The van der Waals surface area contributed by atoms with Crippen molar-refractivity contribution in [3.05, 3.63) is 23.8 Å². The summed E-state index contributed by atoms with van der Waals surface area (Å²) in [5, 5.41) is 16.8. The zero-order valence-electron chi connectivity index (χ0n) is 20.7. The van der Waals surface area contributed by atoms with Crippen molar-refractivity contribution >= 4 is 0 Å². The van der Waals surface area contributed by atoms with E-state index in [1.54, 1.807) is 21.3 Å². The van der Waals surface area contributed by atoms with Gasteiger partial charge < -0.3 is 33.9 Å². The summed E-state index contributed by atoms with van der Waals surface area (Å²) in [5.41, 5.74) is 1.22. The summed E-state index contributed by atoms with van der Waals surface area (Å²) in [6.07, 6.45) is 10.4. The van der Waals surface area contributed by atoms with Crippen molar-refractivity contribution in [3.63, 3.8) is 0 Å². The third-order valence-electron chi connectivity index (χ3n) is 5.81. The molecule has 1 saturated heterocycles. The topological polar surface area (TPSA) is 89.9 Å². The summed E-state index contributed by atoms with van der Waals surface area (Å²) >= 11 is 0. The van der Waals surface area contributed by atoms with Gasteiger partial charge in [-0.3, -0.25) is 0 Å². The van der Waals surface area contributed by atoms with Gasteiger partial charge in [0.1, 0.15) is 6.10 Å². The highest BCUT2D eigenvalue weighted by molar-refractivity contribution is 5.11. The summed E-state index contributed by atoms with van der Waals surface area (Å²) in [5.74, 6) is 0.444. The number of hydrogen-bond donors (Lipinski definition) is 2. The van der Waals surface area contributed by atoms with Gasteiger partial charge in [0.15, 0.2) is 6.29 Å².